The lowest BCUT2D eigenvalue weighted by atomic mass is 10.5. The maximum Gasteiger partial charge on any atom is 0.286 e. The molecule has 4 heteroatoms. The summed E-state index contributed by atoms with van der Waals surface area (Å²) in [5, 5.41) is 17.3. The van der Waals surface area contributed by atoms with E-state index in [0.717, 1.165) is 0 Å². The van der Waals surface area contributed by atoms with Crippen LogP contribution in [0.4, 0.5) is 0 Å². The van der Waals surface area contributed by atoms with Gasteiger partial charge in [-0.25, -0.2) is 0 Å². The third-order valence-electron chi connectivity index (χ3n) is 0.473. The third-order valence-corrected chi connectivity index (χ3v) is 0.473. The molecule has 0 aromatic rings. The predicted octanol–water partition coefficient (Wildman–Crippen LogP) is -1.38. The van der Waals surface area contributed by atoms with Crippen molar-refractivity contribution in [3.8, 4) is 6.26 Å². The van der Waals surface area contributed by atoms with Gasteiger partial charge in [0.1, 0.15) is 6.61 Å². The summed E-state index contributed by atoms with van der Waals surface area (Å²) in [6.45, 7) is -0.0984. The summed E-state index contributed by atoms with van der Waals surface area (Å²) in [5.41, 5.74) is 0. The number of hydrogen-bond donors (Lipinski definition) is 0. The Bertz CT molecular complexity index is 115. The standard InChI is InChI=1S/C4H5NO3/c5-3-8-2-1-4(6)7/h1-2H2,(H,6,7)/p-1. The van der Waals surface area contributed by atoms with Crippen LogP contribution in [0.15, 0.2) is 0 Å². The number of carbonyl (C=O) groups excluding carboxylic acids is 1. The Morgan fingerprint density at radius 3 is 2.88 bits per heavy atom. The van der Waals surface area contributed by atoms with Crippen LogP contribution in [0.3, 0.4) is 0 Å². The second kappa shape index (κ2) is 3.93. The van der Waals surface area contributed by atoms with Crippen LogP contribution in [-0.2, 0) is 9.53 Å². The van der Waals surface area contributed by atoms with Gasteiger partial charge in [0.15, 0.2) is 0 Å². The lowest BCUT2D eigenvalue weighted by molar-refractivity contribution is -0.306. The Balaban J connectivity index is 2.97. The first-order valence-electron chi connectivity index (χ1n) is 1.98. The number of ether oxygens (including phenoxy) is 1. The number of aliphatic carboxylic acids is 1. The van der Waals surface area contributed by atoms with E-state index in [4.69, 9.17) is 5.26 Å². The molecule has 0 atom stereocenters. The number of nitriles is 1. The molecule has 0 heterocycles. The molecule has 0 aromatic carbocycles. The Morgan fingerprint density at radius 1 is 1.88 bits per heavy atom. The van der Waals surface area contributed by atoms with Crippen LogP contribution in [0.1, 0.15) is 6.42 Å². The molecule has 0 fully saturated rings. The number of hydrogen-bond acceptors (Lipinski definition) is 4. The lowest BCUT2D eigenvalue weighted by Crippen LogP contribution is -2.23. The van der Waals surface area contributed by atoms with Crippen molar-refractivity contribution in [2.24, 2.45) is 0 Å². The van der Waals surface area contributed by atoms with Crippen LogP contribution in [0.2, 0.25) is 0 Å². The van der Waals surface area contributed by atoms with E-state index in [0.29, 0.717) is 0 Å². The molecule has 0 rings (SSSR count). The maximum atomic E-state index is 9.57. The summed E-state index contributed by atoms with van der Waals surface area (Å²) in [4.78, 5) is 9.57. The zero-order valence-corrected chi connectivity index (χ0v) is 4.09. The van der Waals surface area contributed by atoms with E-state index < -0.39 is 5.97 Å². The molecule has 0 unspecified atom stereocenters. The second-order valence-corrected chi connectivity index (χ2v) is 1.06. The number of nitrogens with zero attached hydrogens (tertiary/aromatic N) is 1. The van der Waals surface area contributed by atoms with Crippen LogP contribution in [0, 0.1) is 11.5 Å². The Hall–Kier alpha value is -1.24. The topological polar surface area (TPSA) is 73.1 Å². The van der Waals surface area contributed by atoms with Crippen LogP contribution < -0.4 is 5.11 Å². The van der Waals surface area contributed by atoms with Crippen molar-refractivity contribution in [2.45, 2.75) is 6.42 Å². The molecule has 8 heavy (non-hydrogen) atoms. The van der Waals surface area contributed by atoms with Gasteiger partial charge < -0.3 is 14.6 Å². The first kappa shape index (κ1) is 6.76. The molecule has 0 bridgehead atoms. The summed E-state index contributed by atoms with van der Waals surface area (Å²) in [5.74, 6) is -1.21. The van der Waals surface area contributed by atoms with E-state index >= 15 is 0 Å². The van der Waals surface area contributed by atoms with Gasteiger partial charge in [-0.3, -0.25) is 0 Å². The average Bonchev–Trinajstić information content (AvgIpc) is 1.66. The zero-order valence-electron chi connectivity index (χ0n) is 4.09. The van der Waals surface area contributed by atoms with E-state index in [2.05, 4.69) is 4.74 Å². The molecule has 0 spiro atoms. The fraction of sp³-hybridized carbons (Fsp3) is 0.500. The van der Waals surface area contributed by atoms with Crippen LogP contribution in [0.25, 0.3) is 0 Å². The fourth-order valence-corrected chi connectivity index (χ4v) is 0.180. The Kier molecular flexibility index (Phi) is 3.32. The molecule has 0 N–H and O–H groups in total. The number of carboxylic acids is 1. The summed E-state index contributed by atoms with van der Waals surface area (Å²) in [6.07, 6.45) is 1.10. The molecular formula is C4H4NO3-. The first-order valence-corrected chi connectivity index (χ1v) is 1.98. The molecule has 0 saturated carbocycles. The predicted molar refractivity (Wildman–Crippen MR) is 21.2 cm³/mol. The molecule has 0 amide bonds. The van der Waals surface area contributed by atoms with E-state index in [1.54, 1.807) is 0 Å². The van der Waals surface area contributed by atoms with Crippen molar-refractivity contribution in [3.63, 3.8) is 0 Å². The molecule has 0 aliphatic rings. The van der Waals surface area contributed by atoms with E-state index in [1.807, 2.05) is 0 Å². The van der Waals surface area contributed by atoms with Gasteiger partial charge >= 0.3 is 0 Å². The third kappa shape index (κ3) is 4.76. The van der Waals surface area contributed by atoms with Crippen molar-refractivity contribution in [1.82, 2.24) is 0 Å². The van der Waals surface area contributed by atoms with Crippen molar-refractivity contribution >= 4 is 5.97 Å². The van der Waals surface area contributed by atoms with E-state index in [-0.39, 0.29) is 13.0 Å². The molecule has 0 saturated heterocycles. The number of carbonyl (C=O) groups is 1. The van der Waals surface area contributed by atoms with Crippen molar-refractivity contribution in [2.75, 3.05) is 6.61 Å². The summed E-state index contributed by atoms with van der Waals surface area (Å²) in [7, 11) is 0. The van der Waals surface area contributed by atoms with Gasteiger partial charge in [-0.1, -0.05) is 0 Å². The SMILES string of the molecule is N#COCCC(=O)[O-]. The highest BCUT2D eigenvalue weighted by molar-refractivity contribution is 5.64. The molecule has 0 radical (unpaired) electrons. The number of carboxylic acid groups (broad SMARTS) is 1. The van der Waals surface area contributed by atoms with Gasteiger partial charge in [0.25, 0.3) is 6.26 Å². The smallest absolute Gasteiger partial charge is 0.286 e. The summed E-state index contributed by atoms with van der Waals surface area (Å²) < 4.78 is 4.03. The molecule has 44 valence electrons. The molecule has 0 aromatic heterocycles. The molecule has 0 aliphatic heterocycles. The maximum absolute atomic E-state index is 9.57. The minimum atomic E-state index is -1.21. The van der Waals surface area contributed by atoms with Gasteiger partial charge in [0.2, 0.25) is 0 Å². The van der Waals surface area contributed by atoms with Gasteiger partial charge in [-0.2, -0.15) is 5.26 Å². The van der Waals surface area contributed by atoms with Crippen LogP contribution >= 0.6 is 0 Å². The Morgan fingerprint density at radius 2 is 2.50 bits per heavy atom. The fourth-order valence-electron chi connectivity index (χ4n) is 0.180. The normalized spacial score (nSPS) is 7.38. The van der Waals surface area contributed by atoms with Crippen molar-refractivity contribution < 1.29 is 14.6 Å². The summed E-state index contributed by atoms with van der Waals surface area (Å²) >= 11 is 0. The van der Waals surface area contributed by atoms with Gasteiger partial charge in [-0.15, -0.1) is 0 Å². The Labute approximate surface area is 46.3 Å². The van der Waals surface area contributed by atoms with E-state index in [9.17, 15) is 9.90 Å². The molecular weight excluding hydrogens is 110 g/mol. The largest absolute Gasteiger partial charge is 0.550 e. The first-order chi connectivity index (χ1) is 3.77. The number of rotatable bonds is 3. The lowest BCUT2D eigenvalue weighted by Gasteiger charge is -1.95. The molecule has 0 aliphatic carbocycles. The second-order valence-electron chi connectivity index (χ2n) is 1.06. The quantitative estimate of drug-likeness (QED) is 0.335. The van der Waals surface area contributed by atoms with Gasteiger partial charge in [-0.05, 0) is 0 Å². The van der Waals surface area contributed by atoms with Crippen molar-refractivity contribution in [3.05, 3.63) is 0 Å². The average molecular weight is 114 g/mol. The minimum absolute atomic E-state index is 0.0984. The monoisotopic (exact) mass is 114 g/mol. The highest BCUT2D eigenvalue weighted by Crippen LogP contribution is 1.75. The van der Waals surface area contributed by atoms with Crippen LogP contribution in [-0.4, -0.2) is 12.6 Å². The highest BCUT2D eigenvalue weighted by atomic mass is 16.5. The zero-order chi connectivity index (χ0) is 6.41. The molecule has 4 nitrogen and oxygen atoms in total. The van der Waals surface area contributed by atoms with Crippen LogP contribution in [0.5, 0.6) is 0 Å². The minimum Gasteiger partial charge on any atom is -0.550 e. The summed E-state index contributed by atoms with van der Waals surface area (Å²) in [6, 6.07) is 0. The van der Waals surface area contributed by atoms with Gasteiger partial charge in [0, 0.05) is 12.4 Å². The van der Waals surface area contributed by atoms with Gasteiger partial charge in [0.05, 0.1) is 0 Å². The highest BCUT2D eigenvalue weighted by Gasteiger charge is 1.83. The van der Waals surface area contributed by atoms with Crippen molar-refractivity contribution in [1.29, 1.82) is 5.26 Å². The van der Waals surface area contributed by atoms with E-state index in [1.165, 1.54) is 6.26 Å².